The maximum absolute atomic E-state index is 12.0. The molecule has 0 aliphatic carbocycles. The van der Waals surface area contributed by atoms with E-state index in [-0.39, 0.29) is 45.8 Å². The molecule has 0 radical (unpaired) electrons. The number of rotatable bonds is 22. The summed E-state index contributed by atoms with van der Waals surface area (Å²) in [5, 5.41) is 9.16. The summed E-state index contributed by atoms with van der Waals surface area (Å²) in [7, 11) is 6.60. The van der Waals surface area contributed by atoms with Crippen molar-refractivity contribution in [3.05, 3.63) is 0 Å². The number of methoxy groups -OCH3 is 5. The third-order valence-electron chi connectivity index (χ3n) is 5.49. The fourth-order valence-electron chi connectivity index (χ4n) is 3.28. The maximum Gasteiger partial charge on any atom is 0.319 e. The van der Waals surface area contributed by atoms with Gasteiger partial charge in [-0.2, -0.15) is 0 Å². The van der Waals surface area contributed by atoms with Crippen LogP contribution >= 0.6 is 0 Å². The van der Waals surface area contributed by atoms with Crippen LogP contribution in [0, 0.1) is 0 Å². The zero-order valence-electron chi connectivity index (χ0n) is 23.0. The number of carboxylic acid groups (broad SMARTS) is 1. The second-order valence-corrected chi connectivity index (χ2v) is 8.23. The van der Waals surface area contributed by atoms with Crippen molar-refractivity contribution in [1.82, 2.24) is 19.6 Å². The van der Waals surface area contributed by atoms with Gasteiger partial charge in [-0.25, -0.2) is 0 Å². The van der Waals surface area contributed by atoms with Gasteiger partial charge in [-0.3, -0.25) is 43.6 Å². The summed E-state index contributed by atoms with van der Waals surface area (Å²) in [6.07, 6.45) is 0. The van der Waals surface area contributed by atoms with Crippen molar-refractivity contribution >= 4 is 29.8 Å². The highest BCUT2D eigenvalue weighted by Gasteiger charge is 2.20. The molecule has 220 valence electrons. The van der Waals surface area contributed by atoms with Gasteiger partial charge in [-0.15, -0.1) is 0 Å². The molecule has 0 aliphatic heterocycles. The van der Waals surface area contributed by atoms with Gasteiger partial charge < -0.3 is 28.8 Å². The number of hydrogen-bond donors (Lipinski definition) is 1. The lowest BCUT2D eigenvalue weighted by Crippen LogP contribution is -2.46. The highest BCUT2D eigenvalue weighted by molar-refractivity contribution is 5.75. The number of nitrogens with zero attached hydrogens (tertiary/aromatic N) is 4. The zero-order chi connectivity index (χ0) is 28.9. The van der Waals surface area contributed by atoms with Gasteiger partial charge in [0.25, 0.3) is 0 Å². The van der Waals surface area contributed by atoms with Crippen LogP contribution in [-0.4, -0.2) is 175 Å². The first-order valence-corrected chi connectivity index (χ1v) is 12.0. The molecule has 0 heterocycles. The van der Waals surface area contributed by atoms with Gasteiger partial charge >= 0.3 is 29.8 Å². The molecule has 15 heteroatoms. The minimum atomic E-state index is -1.09. The molecule has 0 bridgehead atoms. The van der Waals surface area contributed by atoms with Crippen LogP contribution in [0.1, 0.15) is 0 Å². The molecule has 38 heavy (non-hydrogen) atoms. The van der Waals surface area contributed by atoms with Crippen molar-refractivity contribution in [1.29, 1.82) is 0 Å². The lowest BCUT2D eigenvalue weighted by atomic mass is 10.3. The lowest BCUT2D eigenvalue weighted by molar-refractivity contribution is -0.147. The molecule has 1 N–H and O–H groups in total. The van der Waals surface area contributed by atoms with Gasteiger partial charge in [-0.05, 0) is 0 Å². The number of carbonyl (C=O) groups is 5. The molecule has 0 aromatic carbocycles. The van der Waals surface area contributed by atoms with Crippen molar-refractivity contribution in [2.45, 2.75) is 0 Å². The normalized spacial score (nSPS) is 11.2. The third kappa shape index (κ3) is 17.6. The number of esters is 4. The van der Waals surface area contributed by atoms with E-state index in [0.717, 1.165) is 0 Å². The van der Waals surface area contributed by atoms with Gasteiger partial charge in [0.1, 0.15) is 0 Å². The van der Waals surface area contributed by atoms with Crippen LogP contribution in [0.3, 0.4) is 0 Å². The summed E-state index contributed by atoms with van der Waals surface area (Å²) < 4.78 is 24.0. The molecule has 0 saturated heterocycles. The number of carbonyl (C=O) groups excluding carboxylic acids is 4. The van der Waals surface area contributed by atoms with Gasteiger partial charge in [0.2, 0.25) is 0 Å². The van der Waals surface area contributed by atoms with Crippen LogP contribution < -0.4 is 0 Å². The van der Waals surface area contributed by atoms with Crippen LogP contribution in [0.15, 0.2) is 0 Å². The van der Waals surface area contributed by atoms with Crippen LogP contribution in [0.4, 0.5) is 0 Å². The van der Waals surface area contributed by atoms with E-state index in [1.54, 1.807) is 16.9 Å². The van der Waals surface area contributed by atoms with Crippen molar-refractivity contribution in [3.63, 3.8) is 0 Å². The molecular formula is C23H42N4O11. The first-order chi connectivity index (χ1) is 18.1. The first kappa shape index (κ1) is 35.2. The zero-order valence-corrected chi connectivity index (χ0v) is 23.0. The molecule has 0 saturated carbocycles. The van der Waals surface area contributed by atoms with Crippen molar-refractivity contribution in [3.8, 4) is 0 Å². The molecule has 0 spiro atoms. The number of hydrogen-bond acceptors (Lipinski definition) is 14. The Bertz CT molecular complexity index is 720. The van der Waals surface area contributed by atoms with Crippen molar-refractivity contribution < 1.29 is 52.8 Å². The average molecular weight is 551 g/mol. The summed E-state index contributed by atoms with van der Waals surface area (Å²) in [5.41, 5.74) is 0. The molecule has 0 aliphatic rings. The summed E-state index contributed by atoms with van der Waals surface area (Å²) in [4.78, 5) is 65.2. The molecule has 0 aromatic heterocycles. The topological polar surface area (TPSA) is 165 Å². The fourth-order valence-corrected chi connectivity index (χ4v) is 3.28. The Kier molecular flexibility index (Phi) is 19.5. The van der Waals surface area contributed by atoms with Crippen LogP contribution in [0.5, 0.6) is 0 Å². The quantitative estimate of drug-likeness (QED) is 0.112. The molecule has 0 fully saturated rings. The van der Waals surface area contributed by atoms with E-state index in [0.29, 0.717) is 39.3 Å². The largest absolute Gasteiger partial charge is 0.480 e. The monoisotopic (exact) mass is 550 g/mol. The maximum atomic E-state index is 12.0. The standard InChI is InChI=1S/C23H42N4O11/c1-34-13-12-24(7-10-27(17-22(32)37-4)18-23(33)38-5)6-8-25(15-20(30)35-2)9-11-26(14-19(28)29)16-21(31)36-3/h6-18H2,1-5H3,(H,28,29). The predicted molar refractivity (Wildman–Crippen MR) is 133 cm³/mol. The molecule has 0 amide bonds. The van der Waals surface area contributed by atoms with Crippen molar-refractivity contribution in [2.75, 3.05) is 121 Å². The Morgan fingerprint density at radius 1 is 0.474 bits per heavy atom. The number of aliphatic carboxylic acids is 1. The van der Waals surface area contributed by atoms with Gasteiger partial charge in [0, 0.05) is 52.9 Å². The van der Waals surface area contributed by atoms with E-state index >= 15 is 0 Å². The second kappa shape index (κ2) is 21.1. The van der Waals surface area contributed by atoms with Crippen LogP contribution in [-0.2, 0) is 47.7 Å². The van der Waals surface area contributed by atoms with Crippen LogP contribution in [0.25, 0.3) is 0 Å². The Labute approximate surface area is 223 Å². The molecule has 0 unspecified atom stereocenters. The smallest absolute Gasteiger partial charge is 0.319 e. The number of ether oxygens (including phenoxy) is 5. The fraction of sp³-hybridized carbons (Fsp3) is 0.783. The minimum Gasteiger partial charge on any atom is -0.480 e. The highest BCUT2D eigenvalue weighted by Crippen LogP contribution is 2.00. The first-order valence-electron chi connectivity index (χ1n) is 12.0. The second-order valence-electron chi connectivity index (χ2n) is 8.23. The number of carboxylic acids is 1. The van der Waals surface area contributed by atoms with E-state index in [1.165, 1.54) is 33.3 Å². The Morgan fingerprint density at radius 2 is 0.789 bits per heavy atom. The van der Waals surface area contributed by atoms with Crippen molar-refractivity contribution in [2.24, 2.45) is 0 Å². The summed E-state index contributed by atoms with van der Waals surface area (Å²) >= 11 is 0. The lowest BCUT2D eigenvalue weighted by Gasteiger charge is -2.30. The average Bonchev–Trinajstić information content (AvgIpc) is 2.89. The van der Waals surface area contributed by atoms with E-state index < -0.39 is 29.8 Å². The predicted octanol–water partition coefficient (Wildman–Crippen LogP) is -2.38. The van der Waals surface area contributed by atoms with Crippen LogP contribution in [0.2, 0.25) is 0 Å². The van der Waals surface area contributed by atoms with E-state index in [1.807, 2.05) is 4.90 Å². The van der Waals surface area contributed by atoms with Gasteiger partial charge in [0.15, 0.2) is 0 Å². The highest BCUT2D eigenvalue weighted by atomic mass is 16.5. The van der Waals surface area contributed by atoms with E-state index in [9.17, 15) is 24.0 Å². The summed E-state index contributed by atoms with van der Waals surface area (Å²) in [6.45, 7) is 2.40. The van der Waals surface area contributed by atoms with Gasteiger partial charge in [-0.1, -0.05) is 0 Å². The molecule has 15 nitrogen and oxygen atoms in total. The van der Waals surface area contributed by atoms with Gasteiger partial charge in [0.05, 0.1) is 67.8 Å². The summed E-state index contributed by atoms with van der Waals surface area (Å²) in [6, 6.07) is 0. The molecular weight excluding hydrogens is 508 g/mol. The van der Waals surface area contributed by atoms with E-state index in [2.05, 4.69) is 4.74 Å². The molecule has 0 aromatic rings. The SMILES string of the molecule is COCCN(CCN(CCN(CC(=O)O)CC(=O)OC)CC(=O)OC)CCN(CC(=O)OC)CC(=O)OC. The molecule has 0 atom stereocenters. The minimum absolute atomic E-state index is 0.0371. The Balaban J connectivity index is 5.31. The van der Waals surface area contributed by atoms with E-state index in [4.69, 9.17) is 24.1 Å². The Morgan fingerprint density at radius 3 is 1.13 bits per heavy atom. The third-order valence-corrected chi connectivity index (χ3v) is 5.49. The Hall–Kier alpha value is -2.85. The molecule has 0 rings (SSSR count). The summed E-state index contributed by atoms with van der Waals surface area (Å²) in [5.74, 6) is -3.10.